The van der Waals surface area contributed by atoms with Gasteiger partial charge in [0.1, 0.15) is 11.8 Å². The summed E-state index contributed by atoms with van der Waals surface area (Å²) in [6.45, 7) is 2.30. The SMILES string of the molecule is COC(=O)C1CCCN1C(=O)c1ccc(C(C)Cl)o1. The fraction of sp³-hybridized carbons (Fsp3) is 0.538. The Bertz CT molecular complexity index is 483. The van der Waals surface area contributed by atoms with Gasteiger partial charge >= 0.3 is 5.97 Å². The van der Waals surface area contributed by atoms with Crippen LogP contribution in [0.1, 0.15) is 41.5 Å². The molecule has 0 N–H and O–H groups in total. The van der Waals surface area contributed by atoms with Gasteiger partial charge in [0.25, 0.3) is 5.91 Å². The first-order valence-corrected chi connectivity index (χ1v) is 6.61. The van der Waals surface area contributed by atoms with E-state index in [1.54, 1.807) is 19.1 Å². The molecule has 2 unspecified atom stereocenters. The third-order valence-corrected chi connectivity index (χ3v) is 3.43. The minimum Gasteiger partial charge on any atom is -0.467 e. The van der Waals surface area contributed by atoms with Crippen LogP contribution >= 0.6 is 11.6 Å². The average molecular weight is 286 g/mol. The molecule has 19 heavy (non-hydrogen) atoms. The van der Waals surface area contributed by atoms with Crippen LogP contribution in [0.15, 0.2) is 16.5 Å². The van der Waals surface area contributed by atoms with Gasteiger partial charge in [0.15, 0.2) is 5.76 Å². The molecule has 104 valence electrons. The van der Waals surface area contributed by atoms with Crippen LogP contribution in [0, 0.1) is 0 Å². The van der Waals surface area contributed by atoms with E-state index < -0.39 is 6.04 Å². The van der Waals surface area contributed by atoms with Gasteiger partial charge in [-0.05, 0) is 31.9 Å². The second-order valence-electron chi connectivity index (χ2n) is 4.50. The number of carbonyl (C=O) groups is 2. The van der Waals surface area contributed by atoms with Crippen LogP contribution in [-0.2, 0) is 9.53 Å². The Hall–Kier alpha value is -1.49. The first-order chi connectivity index (χ1) is 9.04. The molecule has 0 radical (unpaired) electrons. The molecule has 1 aliphatic rings. The zero-order valence-corrected chi connectivity index (χ0v) is 11.6. The Labute approximate surface area is 116 Å². The molecule has 2 heterocycles. The summed E-state index contributed by atoms with van der Waals surface area (Å²) in [5, 5.41) is -0.295. The molecule has 0 aliphatic carbocycles. The van der Waals surface area contributed by atoms with E-state index in [-0.39, 0.29) is 23.0 Å². The van der Waals surface area contributed by atoms with Crippen LogP contribution in [0.25, 0.3) is 0 Å². The van der Waals surface area contributed by atoms with E-state index in [1.807, 2.05) is 0 Å². The van der Waals surface area contributed by atoms with Crippen molar-refractivity contribution in [1.82, 2.24) is 4.90 Å². The van der Waals surface area contributed by atoms with Gasteiger partial charge in [-0.2, -0.15) is 0 Å². The number of hydrogen-bond donors (Lipinski definition) is 0. The summed E-state index contributed by atoms with van der Waals surface area (Å²) in [5.74, 6) is 0.0666. The summed E-state index contributed by atoms with van der Waals surface area (Å²) in [6.07, 6.45) is 1.41. The van der Waals surface area contributed by atoms with Crippen molar-refractivity contribution in [2.45, 2.75) is 31.2 Å². The number of ether oxygens (including phenoxy) is 1. The van der Waals surface area contributed by atoms with Crippen molar-refractivity contribution < 1.29 is 18.7 Å². The van der Waals surface area contributed by atoms with Crippen LogP contribution in [-0.4, -0.2) is 36.5 Å². The van der Waals surface area contributed by atoms with Crippen molar-refractivity contribution >= 4 is 23.5 Å². The van der Waals surface area contributed by atoms with Crippen molar-refractivity contribution in [2.75, 3.05) is 13.7 Å². The first-order valence-electron chi connectivity index (χ1n) is 6.17. The van der Waals surface area contributed by atoms with E-state index in [2.05, 4.69) is 0 Å². The Morgan fingerprint density at radius 2 is 2.26 bits per heavy atom. The Balaban J connectivity index is 2.16. The van der Waals surface area contributed by atoms with E-state index in [9.17, 15) is 9.59 Å². The highest BCUT2D eigenvalue weighted by Gasteiger charge is 2.36. The molecule has 0 spiro atoms. The fourth-order valence-electron chi connectivity index (χ4n) is 2.21. The highest BCUT2D eigenvalue weighted by atomic mass is 35.5. The summed E-state index contributed by atoms with van der Waals surface area (Å²) >= 11 is 5.89. The van der Waals surface area contributed by atoms with Gasteiger partial charge in [0, 0.05) is 6.54 Å². The lowest BCUT2D eigenvalue weighted by atomic mass is 10.2. The summed E-state index contributed by atoms with van der Waals surface area (Å²) < 4.78 is 10.1. The molecule has 0 saturated carbocycles. The molecule has 0 bridgehead atoms. The van der Waals surface area contributed by atoms with Crippen molar-refractivity contribution in [2.24, 2.45) is 0 Å². The molecule has 2 rings (SSSR count). The summed E-state index contributed by atoms with van der Waals surface area (Å²) in [7, 11) is 1.32. The van der Waals surface area contributed by atoms with Crippen molar-refractivity contribution in [3.8, 4) is 0 Å². The molecule has 5 nitrogen and oxygen atoms in total. The van der Waals surface area contributed by atoms with Crippen LogP contribution in [0.4, 0.5) is 0 Å². The highest BCUT2D eigenvalue weighted by Crippen LogP contribution is 2.25. The lowest BCUT2D eigenvalue weighted by Crippen LogP contribution is -2.40. The number of alkyl halides is 1. The van der Waals surface area contributed by atoms with Crippen LogP contribution in [0.3, 0.4) is 0 Å². The van der Waals surface area contributed by atoms with Gasteiger partial charge in [-0.3, -0.25) is 4.79 Å². The lowest BCUT2D eigenvalue weighted by Gasteiger charge is -2.21. The topological polar surface area (TPSA) is 59.8 Å². The van der Waals surface area contributed by atoms with Gasteiger partial charge in [0.05, 0.1) is 12.5 Å². The standard InChI is InChI=1S/C13H16ClNO4/c1-8(14)10-5-6-11(19-10)12(16)15-7-3-4-9(15)13(17)18-2/h5-6,8-9H,3-4,7H2,1-2H3. The molecule has 1 aromatic heterocycles. The number of esters is 1. The number of rotatable bonds is 3. The maximum atomic E-state index is 12.3. The van der Waals surface area contributed by atoms with Crippen LogP contribution in [0.2, 0.25) is 0 Å². The van der Waals surface area contributed by atoms with E-state index in [1.165, 1.54) is 12.0 Å². The third kappa shape index (κ3) is 2.76. The van der Waals surface area contributed by atoms with Crippen molar-refractivity contribution in [1.29, 1.82) is 0 Å². The summed E-state index contributed by atoms with van der Waals surface area (Å²) in [6, 6.07) is 2.75. The molecular formula is C13H16ClNO4. The Morgan fingerprint density at radius 3 is 2.84 bits per heavy atom. The molecule has 1 aromatic rings. The number of likely N-dealkylation sites (tertiary alicyclic amines) is 1. The summed E-state index contributed by atoms with van der Waals surface area (Å²) in [4.78, 5) is 25.4. The molecular weight excluding hydrogens is 270 g/mol. The maximum absolute atomic E-state index is 12.3. The van der Waals surface area contributed by atoms with E-state index in [4.69, 9.17) is 20.8 Å². The van der Waals surface area contributed by atoms with E-state index in [0.717, 1.165) is 6.42 Å². The molecule has 6 heteroatoms. The lowest BCUT2D eigenvalue weighted by molar-refractivity contribution is -0.145. The molecule has 1 amide bonds. The van der Waals surface area contributed by atoms with Gasteiger partial charge < -0.3 is 14.1 Å². The van der Waals surface area contributed by atoms with Gasteiger partial charge in [0.2, 0.25) is 0 Å². The minimum atomic E-state index is -0.514. The van der Waals surface area contributed by atoms with Crippen molar-refractivity contribution in [3.05, 3.63) is 23.7 Å². The summed E-state index contributed by atoms with van der Waals surface area (Å²) in [5.41, 5.74) is 0. The number of methoxy groups -OCH3 is 1. The number of halogens is 1. The largest absolute Gasteiger partial charge is 0.467 e. The molecule has 1 saturated heterocycles. The van der Waals surface area contributed by atoms with Crippen molar-refractivity contribution in [3.63, 3.8) is 0 Å². The normalized spacial score (nSPS) is 20.4. The Kier molecular flexibility index (Phi) is 4.14. The fourth-order valence-corrected chi connectivity index (χ4v) is 2.33. The molecule has 0 aromatic carbocycles. The average Bonchev–Trinajstić information content (AvgIpc) is 3.05. The smallest absolute Gasteiger partial charge is 0.328 e. The maximum Gasteiger partial charge on any atom is 0.328 e. The molecule has 1 fully saturated rings. The predicted octanol–water partition coefficient (Wildman–Crippen LogP) is 2.36. The van der Waals surface area contributed by atoms with Crippen LogP contribution in [0.5, 0.6) is 0 Å². The zero-order valence-electron chi connectivity index (χ0n) is 10.9. The number of carbonyl (C=O) groups excluding carboxylic acids is 2. The van der Waals surface area contributed by atoms with Gasteiger partial charge in [-0.1, -0.05) is 0 Å². The molecule has 2 atom stereocenters. The second kappa shape index (κ2) is 5.65. The predicted molar refractivity (Wildman–Crippen MR) is 69.1 cm³/mol. The van der Waals surface area contributed by atoms with Gasteiger partial charge in [-0.25, -0.2) is 4.79 Å². The highest BCUT2D eigenvalue weighted by molar-refractivity contribution is 6.20. The first kappa shape index (κ1) is 13.9. The zero-order chi connectivity index (χ0) is 14.0. The monoisotopic (exact) mass is 285 g/mol. The van der Waals surface area contributed by atoms with Crippen LogP contribution < -0.4 is 0 Å². The number of hydrogen-bond acceptors (Lipinski definition) is 4. The Morgan fingerprint density at radius 1 is 1.53 bits per heavy atom. The number of amides is 1. The number of nitrogens with zero attached hydrogens (tertiary/aromatic N) is 1. The number of furan rings is 1. The molecule has 1 aliphatic heterocycles. The third-order valence-electron chi connectivity index (χ3n) is 3.22. The quantitative estimate of drug-likeness (QED) is 0.632. The van der Waals surface area contributed by atoms with E-state index >= 15 is 0 Å². The van der Waals surface area contributed by atoms with E-state index in [0.29, 0.717) is 18.7 Å². The van der Waals surface area contributed by atoms with Gasteiger partial charge in [-0.15, -0.1) is 11.6 Å². The minimum absolute atomic E-state index is 0.207. The second-order valence-corrected chi connectivity index (χ2v) is 5.15.